The third kappa shape index (κ3) is 2.92. The zero-order valence-corrected chi connectivity index (χ0v) is 15.8. The van der Waals surface area contributed by atoms with Crippen molar-refractivity contribution in [3.05, 3.63) is 76.1 Å². The summed E-state index contributed by atoms with van der Waals surface area (Å²) >= 11 is 0. The van der Waals surface area contributed by atoms with E-state index in [4.69, 9.17) is 10.5 Å². The number of rotatable bonds is 1. The number of para-hydroxylation sites is 1. The van der Waals surface area contributed by atoms with E-state index in [9.17, 15) is 9.65 Å². The molecule has 0 spiro atoms. The van der Waals surface area contributed by atoms with Gasteiger partial charge in [-0.2, -0.15) is 15.8 Å². The van der Waals surface area contributed by atoms with Crippen molar-refractivity contribution >= 4 is 16.8 Å². The normalized spacial score (nSPS) is 16.6. The summed E-state index contributed by atoms with van der Waals surface area (Å²) < 4.78 is 14.7. The van der Waals surface area contributed by atoms with Gasteiger partial charge < -0.3 is 4.90 Å². The van der Waals surface area contributed by atoms with E-state index in [1.54, 1.807) is 18.2 Å². The highest BCUT2D eigenvalue weighted by atomic mass is 19.1. The maximum atomic E-state index is 14.7. The van der Waals surface area contributed by atoms with Gasteiger partial charge in [0.05, 0.1) is 11.6 Å². The molecule has 1 aliphatic heterocycles. The van der Waals surface area contributed by atoms with Crippen LogP contribution in [0.2, 0.25) is 0 Å². The van der Waals surface area contributed by atoms with Gasteiger partial charge in [0.25, 0.3) is 0 Å². The van der Waals surface area contributed by atoms with E-state index in [-0.39, 0.29) is 27.0 Å². The highest BCUT2D eigenvalue weighted by Gasteiger charge is 2.38. The number of benzene rings is 2. The second-order valence-corrected chi connectivity index (χ2v) is 7.05. The first-order chi connectivity index (χ1) is 13.3. The summed E-state index contributed by atoms with van der Waals surface area (Å²) in [6, 6.07) is 17.6. The summed E-state index contributed by atoms with van der Waals surface area (Å²) in [5, 5.41) is 27.9. The fourth-order valence-corrected chi connectivity index (χ4v) is 3.61. The van der Waals surface area contributed by atoms with Crippen LogP contribution in [0.15, 0.2) is 54.2 Å². The number of likely N-dealkylation sites (N-methyl/N-ethyl adjacent to an activating group) is 1. The zero-order valence-electron chi connectivity index (χ0n) is 15.8. The largest absolute Gasteiger partial charge is 0.347 e. The first-order valence-electron chi connectivity index (χ1n) is 8.65. The van der Waals surface area contributed by atoms with Gasteiger partial charge in [0.15, 0.2) is 0 Å². The first kappa shape index (κ1) is 18.9. The summed E-state index contributed by atoms with van der Waals surface area (Å²) in [6.07, 6.45) is 1.71. The third-order valence-corrected chi connectivity index (χ3v) is 5.11. The molecule has 0 bridgehead atoms. The molecule has 0 saturated heterocycles. The predicted octanol–water partition coefficient (Wildman–Crippen LogP) is 3.01. The lowest BCUT2D eigenvalue weighted by Crippen LogP contribution is -2.24. The number of fused-ring (bicyclic) bond motifs is 1. The molecular formula is C23H17FN4. The van der Waals surface area contributed by atoms with Gasteiger partial charge in [0, 0.05) is 34.3 Å². The second-order valence-electron chi connectivity index (χ2n) is 7.05. The van der Waals surface area contributed by atoms with Crippen LogP contribution in [0, 0.1) is 39.8 Å². The van der Waals surface area contributed by atoms with Crippen molar-refractivity contribution in [2.75, 3.05) is 11.9 Å². The van der Waals surface area contributed by atoms with Crippen molar-refractivity contribution in [1.29, 1.82) is 15.8 Å². The highest BCUT2D eigenvalue weighted by molar-refractivity contribution is 5.78. The van der Waals surface area contributed by atoms with Crippen LogP contribution in [0.3, 0.4) is 0 Å². The van der Waals surface area contributed by atoms with Gasteiger partial charge in [-0.3, -0.25) is 0 Å². The maximum absolute atomic E-state index is 14.7. The van der Waals surface area contributed by atoms with Crippen LogP contribution in [0.5, 0.6) is 0 Å². The van der Waals surface area contributed by atoms with Gasteiger partial charge in [-0.15, -0.1) is 0 Å². The van der Waals surface area contributed by atoms with E-state index in [0.717, 1.165) is 23.0 Å². The van der Waals surface area contributed by atoms with Crippen LogP contribution in [0.1, 0.15) is 19.4 Å². The summed E-state index contributed by atoms with van der Waals surface area (Å²) in [7, 11) is 1.93. The Balaban J connectivity index is 2.25. The molecule has 0 aromatic heterocycles. The molecule has 0 aliphatic carbocycles. The molecule has 1 aliphatic rings. The monoisotopic (exact) mass is 368 g/mol. The quantitative estimate of drug-likeness (QED) is 0.775. The molecule has 0 radical (unpaired) electrons. The number of hydrogen-bond donors (Lipinski definition) is 0. The van der Waals surface area contributed by atoms with E-state index in [2.05, 4.69) is 26.0 Å². The fourth-order valence-electron chi connectivity index (χ4n) is 3.61. The van der Waals surface area contributed by atoms with E-state index in [1.165, 1.54) is 12.1 Å². The molecular weight excluding hydrogens is 351 g/mol. The van der Waals surface area contributed by atoms with Gasteiger partial charge >= 0.3 is 0 Å². The van der Waals surface area contributed by atoms with Crippen LogP contribution in [-0.2, 0) is 5.41 Å². The number of allylic oxidation sites excluding steroid dienone is 2. The number of anilines is 1. The number of halogens is 1. The van der Waals surface area contributed by atoms with Crippen LogP contribution in [0.4, 0.5) is 10.1 Å². The molecule has 3 rings (SSSR count). The smallest absolute Gasteiger partial charge is 0.136 e. The van der Waals surface area contributed by atoms with E-state index >= 15 is 0 Å². The van der Waals surface area contributed by atoms with Crippen molar-refractivity contribution in [2.45, 2.75) is 19.3 Å². The maximum Gasteiger partial charge on any atom is 0.136 e. The Morgan fingerprint density at radius 3 is 2.29 bits per heavy atom. The minimum atomic E-state index is -0.648. The topological polar surface area (TPSA) is 74.6 Å². The summed E-state index contributed by atoms with van der Waals surface area (Å²) in [6.45, 7) is 4.13. The Labute approximate surface area is 163 Å². The van der Waals surface area contributed by atoms with E-state index in [1.807, 2.05) is 30.1 Å². The van der Waals surface area contributed by atoms with Gasteiger partial charge in [0.1, 0.15) is 23.5 Å². The van der Waals surface area contributed by atoms with Crippen molar-refractivity contribution in [3.63, 3.8) is 0 Å². The van der Waals surface area contributed by atoms with Gasteiger partial charge in [-0.1, -0.05) is 44.2 Å². The molecule has 5 heteroatoms. The Morgan fingerprint density at radius 2 is 1.71 bits per heavy atom. The lowest BCUT2D eigenvalue weighted by Gasteiger charge is -2.24. The summed E-state index contributed by atoms with van der Waals surface area (Å²) in [5.41, 5.74) is 2.74. The molecule has 0 fully saturated rings. The lowest BCUT2D eigenvalue weighted by atomic mass is 9.83. The minimum absolute atomic E-state index is 0.133. The summed E-state index contributed by atoms with van der Waals surface area (Å²) in [5.74, 6) is -0.648. The second kappa shape index (κ2) is 7.03. The Kier molecular flexibility index (Phi) is 4.74. The van der Waals surface area contributed by atoms with E-state index in [0.29, 0.717) is 0 Å². The predicted molar refractivity (Wildman–Crippen MR) is 105 cm³/mol. The van der Waals surface area contributed by atoms with Gasteiger partial charge in [-0.05, 0) is 23.8 Å². The Morgan fingerprint density at radius 1 is 1.04 bits per heavy atom. The number of nitriles is 3. The number of nitrogens with zero attached hydrogens (tertiary/aromatic N) is 4. The molecule has 4 nitrogen and oxygen atoms in total. The fraction of sp³-hybridized carbons (Fsp3) is 0.174. The molecule has 0 N–H and O–H groups in total. The van der Waals surface area contributed by atoms with Crippen LogP contribution in [-0.4, -0.2) is 7.05 Å². The first-order valence-corrected chi connectivity index (χ1v) is 8.65. The molecule has 0 saturated carbocycles. The Hall–Kier alpha value is -3.88. The van der Waals surface area contributed by atoms with Crippen molar-refractivity contribution in [3.8, 4) is 18.2 Å². The SMILES string of the molecule is CN1/C(=C/C(C#N)=c2\ccc(=C(C#N)C#N)cc2F)C(C)(C)c2ccccc21. The van der Waals surface area contributed by atoms with Crippen molar-refractivity contribution in [1.82, 2.24) is 0 Å². The standard InChI is InChI=1S/C23H17FN4/c1-23(2)19-6-4-5-7-21(19)28(3)22(23)11-16(12-25)18-9-8-15(10-20(18)24)17(13-26)14-27/h4-11H,1-3H3/b18-16-,22-11+. The number of hydrogen-bond acceptors (Lipinski definition) is 4. The minimum Gasteiger partial charge on any atom is -0.347 e. The van der Waals surface area contributed by atoms with Crippen molar-refractivity contribution < 1.29 is 4.39 Å². The molecule has 136 valence electrons. The third-order valence-electron chi connectivity index (χ3n) is 5.11. The van der Waals surface area contributed by atoms with Crippen LogP contribution in [0.25, 0.3) is 11.1 Å². The van der Waals surface area contributed by atoms with Crippen molar-refractivity contribution in [2.24, 2.45) is 0 Å². The molecule has 2 aromatic rings. The van der Waals surface area contributed by atoms with Gasteiger partial charge in [0.2, 0.25) is 0 Å². The molecule has 2 aromatic carbocycles. The zero-order chi connectivity index (χ0) is 20.5. The summed E-state index contributed by atoms with van der Waals surface area (Å²) in [4.78, 5) is 2.01. The molecule has 1 heterocycles. The van der Waals surface area contributed by atoms with E-state index < -0.39 is 5.82 Å². The average Bonchev–Trinajstić information content (AvgIpc) is 2.88. The lowest BCUT2D eigenvalue weighted by molar-refractivity contribution is 0.617. The Bertz CT molecular complexity index is 1230. The molecule has 0 unspecified atom stereocenters. The molecule has 28 heavy (non-hydrogen) atoms. The van der Waals surface area contributed by atoms with Gasteiger partial charge in [-0.25, -0.2) is 4.39 Å². The molecule has 0 atom stereocenters. The van der Waals surface area contributed by atoms with Crippen LogP contribution >= 0.6 is 0 Å². The highest BCUT2D eigenvalue weighted by Crippen LogP contribution is 2.46. The van der Waals surface area contributed by atoms with Crippen LogP contribution < -0.4 is 15.3 Å². The average molecular weight is 368 g/mol. The molecule has 0 amide bonds.